The fourth-order valence-corrected chi connectivity index (χ4v) is 4.94. The molecule has 1 aliphatic carbocycles. The summed E-state index contributed by atoms with van der Waals surface area (Å²) < 4.78 is 22.3. The molecule has 1 saturated heterocycles. The van der Waals surface area contributed by atoms with E-state index in [9.17, 15) is 34.8 Å². The molecule has 41 heavy (non-hydrogen) atoms. The lowest BCUT2D eigenvalue weighted by molar-refractivity contribution is -0.278. The van der Waals surface area contributed by atoms with Crippen LogP contribution in [0.2, 0.25) is 0 Å². The van der Waals surface area contributed by atoms with Crippen LogP contribution in [0, 0.1) is 0 Å². The van der Waals surface area contributed by atoms with Crippen molar-refractivity contribution in [2.45, 2.75) is 37.1 Å². The first-order valence-corrected chi connectivity index (χ1v) is 12.5. The van der Waals surface area contributed by atoms with Crippen molar-refractivity contribution in [3.63, 3.8) is 0 Å². The third-order valence-electron chi connectivity index (χ3n) is 6.91. The number of carboxylic acids is 1. The maximum Gasteiger partial charge on any atom is 0.317 e. The highest BCUT2D eigenvalue weighted by Crippen LogP contribution is 2.47. The molecule has 1 heterocycles. The van der Waals surface area contributed by atoms with Crippen LogP contribution < -0.4 is 9.47 Å². The molecule has 1 aliphatic heterocycles. The van der Waals surface area contributed by atoms with E-state index >= 15 is 0 Å². The second kappa shape index (κ2) is 11.2. The number of aliphatic carboxylic acids is 1. The second-order valence-electron chi connectivity index (χ2n) is 9.52. The van der Waals surface area contributed by atoms with E-state index in [1.807, 2.05) is 30.3 Å². The zero-order chi connectivity index (χ0) is 29.4. The van der Waals surface area contributed by atoms with Gasteiger partial charge in [-0.25, -0.2) is 0 Å². The van der Waals surface area contributed by atoms with Crippen molar-refractivity contribution in [2.75, 3.05) is 13.7 Å². The van der Waals surface area contributed by atoms with E-state index < -0.39 is 67.2 Å². The summed E-state index contributed by atoms with van der Waals surface area (Å²) >= 11 is 0. The minimum Gasteiger partial charge on any atom is -0.504 e. The number of hydrogen-bond acceptors (Lipinski definition) is 11. The van der Waals surface area contributed by atoms with E-state index in [0.717, 1.165) is 5.56 Å². The Bertz CT molecular complexity index is 1550. The van der Waals surface area contributed by atoms with Crippen LogP contribution in [0.5, 0.6) is 11.5 Å². The molecule has 0 aromatic heterocycles. The van der Waals surface area contributed by atoms with Crippen molar-refractivity contribution in [3.8, 4) is 22.6 Å². The Morgan fingerprint density at radius 1 is 0.951 bits per heavy atom. The van der Waals surface area contributed by atoms with E-state index in [-0.39, 0.29) is 17.1 Å². The molecule has 0 saturated carbocycles. The van der Waals surface area contributed by atoms with E-state index in [1.165, 1.54) is 19.3 Å². The van der Waals surface area contributed by atoms with Crippen molar-refractivity contribution in [1.82, 2.24) is 0 Å². The van der Waals surface area contributed by atoms with Gasteiger partial charge in [-0.15, -0.1) is 0 Å². The predicted octanol–water partition coefficient (Wildman–Crippen LogP) is 1.81. The Kier molecular flexibility index (Phi) is 7.65. The highest BCUT2D eigenvalue weighted by molar-refractivity contribution is 6.24. The first-order valence-electron chi connectivity index (χ1n) is 12.5. The van der Waals surface area contributed by atoms with Gasteiger partial charge in [-0.05, 0) is 34.9 Å². The Labute approximate surface area is 232 Å². The standard InChI is InChI=1S/C29H26O12/c1-38-18-10-14-9-17(30)24(34)16-8-7-15(13-5-3-2-4-6-13)23(22(14)16)28(18)41-29-27(37)26(36)25(35)19(40-29)12-39-21(33)11-20(31)32/h2-10,19,25-27,29-30,35-37H,11-12H2,1H3,(H,31,32). The van der Waals surface area contributed by atoms with Crippen LogP contribution in [0.25, 0.3) is 28.0 Å². The lowest BCUT2D eigenvalue weighted by Crippen LogP contribution is -2.60. The number of methoxy groups -OCH3 is 1. The molecule has 12 nitrogen and oxygen atoms in total. The molecular weight excluding hydrogens is 540 g/mol. The predicted molar refractivity (Wildman–Crippen MR) is 141 cm³/mol. The summed E-state index contributed by atoms with van der Waals surface area (Å²) in [5, 5.41) is 51.6. The number of Topliss-reactive ketones (excluding diaryl/α,β-unsaturated/α-hetero) is 1. The number of rotatable bonds is 8. The average molecular weight is 567 g/mol. The summed E-state index contributed by atoms with van der Waals surface area (Å²) in [5.41, 5.74) is 2.04. The molecule has 5 rings (SSSR count). The third-order valence-corrected chi connectivity index (χ3v) is 6.91. The molecule has 3 aromatic rings. The van der Waals surface area contributed by atoms with Gasteiger partial charge >= 0.3 is 11.9 Å². The molecule has 12 heteroatoms. The topological polar surface area (TPSA) is 189 Å². The molecule has 3 aromatic carbocycles. The molecule has 5 N–H and O–H groups in total. The molecule has 0 bridgehead atoms. The highest BCUT2D eigenvalue weighted by atomic mass is 16.7. The molecule has 5 atom stereocenters. The fourth-order valence-electron chi connectivity index (χ4n) is 4.94. The number of ketones is 1. The van der Waals surface area contributed by atoms with Crippen molar-refractivity contribution in [2.24, 2.45) is 0 Å². The first kappa shape index (κ1) is 28.1. The van der Waals surface area contributed by atoms with Gasteiger partial charge in [-0.2, -0.15) is 0 Å². The van der Waals surface area contributed by atoms with Gasteiger partial charge in [0.2, 0.25) is 12.1 Å². The number of benzene rings is 3. The normalized spacial score (nSPS) is 23.6. The number of ether oxygens (including phenoxy) is 4. The summed E-state index contributed by atoms with van der Waals surface area (Å²) in [4.78, 5) is 35.4. The molecule has 0 amide bonds. The monoisotopic (exact) mass is 566 g/mol. The molecule has 2 aliphatic rings. The van der Waals surface area contributed by atoms with Gasteiger partial charge in [-0.3, -0.25) is 14.4 Å². The number of allylic oxidation sites excluding steroid dienone is 1. The van der Waals surface area contributed by atoms with Gasteiger partial charge in [0.15, 0.2) is 17.3 Å². The number of carboxylic acid groups (broad SMARTS) is 1. The Morgan fingerprint density at radius 2 is 1.66 bits per heavy atom. The Balaban J connectivity index is 1.60. The molecule has 0 spiro atoms. The van der Waals surface area contributed by atoms with E-state index in [0.29, 0.717) is 21.9 Å². The Hall–Kier alpha value is -4.49. The van der Waals surface area contributed by atoms with Gasteiger partial charge in [-0.1, -0.05) is 36.4 Å². The number of carbonyl (C=O) groups is 3. The number of hydrogen-bond donors (Lipinski definition) is 5. The lowest BCUT2D eigenvalue weighted by atomic mass is 9.86. The summed E-state index contributed by atoms with van der Waals surface area (Å²) in [6, 6.07) is 14.0. The van der Waals surface area contributed by atoms with Gasteiger partial charge < -0.3 is 44.5 Å². The van der Waals surface area contributed by atoms with Gasteiger partial charge in [0.25, 0.3) is 0 Å². The maximum absolute atomic E-state index is 12.9. The van der Waals surface area contributed by atoms with Crippen LogP contribution in [0.15, 0.2) is 54.3 Å². The van der Waals surface area contributed by atoms with Crippen molar-refractivity contribution >= 4 is 34.6 Å². The number of carbonyl (C=O) groups excluding carboxylic acids is 2. The Morgan fingerprint density at radius 3 is 2.34 bits per heavy atom. The summed E-state index contributed by atoms with van der Waals surface area (Å²) in [6.07, 6.45) is -7.91. The minimum atomic E-state index is -1.79. The van der Waals surface area contributed by atoms with Crippen LogP contribution in [-0.2, 0) is 19.1 Å². The van der Waals surface area contributed by atoms with Gasteiger partial charge in [0.1, 0.15) is 37.4 Å². The van der Waals surface area contributed by atoms with Crippen molar-refractivity contribution < 1.29 is 58.9 Å². The zero-order valence-corrected chi connectivity index (χ0v) is 21.6. The number of esters is 1. The smallest absolute Gasteiger partial charge is 0.317 e. The summed E-state index contributed by atoms with van der Waals surface area (Å²) in [6.45, 7) is -0.633. The molecule has 5 unspecified atom stereocenters. The largest absolute Gasteiger partial charge is 0.504 e. The van der Waals surface area contributed by atoms with Crippen LogP contribution in [0.1, 0.15) is 22.3 Å². The SMILES string of the molecule is COc1cc2c3c(ccc(-c4ccccc4)c3c1OC1OC(COC(=O)CC(=O)O)C(O)C(O)C1O)C(=O)C(O)=C2. The minimum absolute atomic E-state index is 0.0313. The third kappa shape index (κ3) is 5.21. The molecular formula is C29H26O12. The molecule has 0 radical (unpaired) electrons. The molecule has 214 valence electrons. The van der Waals surface area contributed by atoms with E-state index in [2.05, 4.69) is 0 Å². The van der Waals surface area contributed by atoms with Crippen LogP contribution in [0.3, 0.4) is 0 Å². The average Bonchev–Trinajstić information content (AvgIpc) is 2.96. The summed E-state index contributed by atoms with van der Waals surface area (Å²) in [7, 11) is 1.37. The first-order chi connectivity index (χ1) is 19.6. The van der Waals surface area contributed by atoms with Gasteiger partial charge in [0, 0.05) is 16.3 Å². The zero-order valence-electron chi connectivity index (χ0n) is 21.6. The highest BCUT2D eigenvalue weighted by Gasteiger charge is 2.46. The van der Waals surface area contributed by atoms with Crippen molar-refractivity contribution in [1.29, 1.82) is 0 Å². The van der Waals surface area contributed by atoms with Gasteiger partial charge in [0.05, 0.1) is 7.11 Å². The van der Waals surface area contributed by atoms with E-state index in [4.69, 9.17) is 24.1 Å². The lowest BCUT2D eigenvalue weighted by Gasteiger charge is -2.40. The maximum atomic E-state index is 12.9. The van der Waals surface area contributed by atoms with Crippen LogP contribution in [-0.4, -0.2) is 87.7 Å². The molecule has 1 fully saturated rings. The summed E-state index contributed by atoms with van der Waals surface area (Å²) in [5.74, 6) is -3.39. The van der Waals surface area contributed by atoms with Crippen LogP contribution >= 0.6 is 0 Å². The fraction of sp³-hybridized carbons (Fsp3) is 0.276. The van der Waals surface area contributed by atoms with Crippen LogP contribution in [0.4, 0.5) is 0 Å². The number of aliphatic hydroxyl groups is 4. The van der Waals surface area contributed by atoms with Crippen molar-refractivity contribution in [3.05, 3.63) is 65.4 Å². The number of aliphatic hydroxyl groups excluding tert-OH is 4. The second-order valence-corrected chi connectivity index (χ2v) is 9.52. The van der Waals surface area contributed by atoms with E-state index in [1.54, 1.807) is 12.1 Å². The quantitative estimate of drug-likeness (QED) is 0.197.